The standard InChI is InChI=1S/C15H28N4O/c16-15(20)11-18-7-3-12(4-8-18)17-13-5-9-19-6-1-2-14(19)10-13/h12-14,17H,1-11H2,(H2,16,20). The average molecular weight is 280 g/mol. The Bertz CT molecular complexity index is 341. The van der Waals surface area contributed by atoms with E-state index < -0.39 is 0 Å². The Morgan fingerprint density at radius 2 is 1.80 bits per heavy atom. The molecule has 0 aromatic heterocycles. The van der Waals surface area contributed by atoms with Crippen LogP contribution in [0.3, 0.4) is 0 Å². The van der Waals surface area contributed by atoms with Crippen LogP contribution in [0.1, 0.15) is 38.5 Å². The van der Waals surface area contributed by atoms with Gasteiger partial charge in [0.1, 0.15) is 0 Å². The minimum atomic E-state index is -0.204. The van der Waals surface area contributed by atoms with E-state index in [9.17, 15) is 4.79 Å². The first-order valence-corrected chi connectivity index (χ1v) is 8.21. The minimum absolute atomic E-state index is 0.204. The van der Waals surface area contributed by atoms with E-state index in [1.807, 2.05) is 0 Å². The molecule has 0 saturated carbocycles. The molecule has 3 fully saturated rings. The second-order valence-electron chi connectivity index (χ2n) is 6.74. The Balaban J connectivity index is 1.40. The maximum atomic E-state index is 10.9. The van der Waals surface area contributed by atoms with E-state index in [0.29, 0.717) is 18.6 Å². The van der Waals surface area contributed by atoms with Crippen LogP contribution < -0.4 is 11.1 Å². The van der Waals surface area contributed by atoms with Gasteiger partial charge < -0.3 is 16.0 Å². The van der Waals surface area contributed by atoms with Crippen molar-refractivity contribution >= 4 is 5.91 Å². The van der Waals surface area contributed by atoms with E-state index in [0.717, 1.165) is 32.0 Å². The second kappa shape index (κ2) is 6.41. The molecule has 0 aromatic carbocycles. The van der Waals surface area contributed by atoms with Crippen LogP contribution in [0.4, 0.5) is 0 Å². The van der Waals surface area contributed by atoms with Gasteiger partial charge >= 0.3 is 0 Å². The van der Waals surface area contributed by atoms with Crippen molar-refractivity contribution in [3.63, 3.8) is 0 Å². The molecule has 2 atom stereocenters. The highest BCUT2D eigenvalue weighted by Gasteiger charge is 2.32. The van der Waals surface area contributed by atoms with Gasteiger partial charge in [-0.3, -0.25) is 9.69 Å². The number of nitrogens with two attached hydrogens (primary N) is 1. The molecule has 0 radical (unpaired) electrons. The third-order valence-corrected chi connectivity index (χ3v) is 5.26. The van der Waals surface area contributed by atoms with Gasteiger partial charge in [-0.05, 0) is 51.6 Å². The van der Waals surface area contributed by atoms with Crippen LogP contribution in [0.25, 0.3) is 0 Å². The molecule has 0 aliphatic carbocycles. The summed E-state index contributed by atoms with van der Waals surface area (Å²) in [6.45, 7) is 5.03. The summed E-state index contributed by atoms with van der Waals surface area (Å²) in [5.74, 6) is -0.204. The largest absolute Gasteiger partial charge is 0.369 e. The smallest absolute Gasteiger partial charge is 0.231 e. The zero-order valence-corrected chi connectivity index (χ0v) is 12.4. The molecule has 20 heavy (non-hydrogen) atoms. The van der Waals surface area contributed by atoms with E-state index in [-0.39, 0.29) is 5.91 Å². The molecule has 3 aliphatic rings. The number of hydrogen-bond acceptors (Lipinski definition) is 4. The lowest BCUT2D eigenvalue weighted by molar-refractivity contribution is -0.119. The maximum Gasteiger partial charge on any atom is 0.231 e. The van der Waals surface area contributed by atoms with E-state index in [1.54, 1.807) is 0 Å². The van der Waals surface area contributed by atoms with Crippen LogP contribution in [0.15, 0.2) is 0 Å². The molecule has 3 heterocycles. The zero-order chi connectivity index (χ0) is 13.9. The van der Waals surface area contributed by atoms with Crippen molar-refractivity contribution in [3.8, 4) is 0 Å². The van der Waals surface area contributed by atoms with E-state index in [1.165, 1.54) is 38.8 Å². The summed E-state index contributed by atoms with van der Waals surface area (Å²) in [6, 6.07) is 2.19. The number of nitrogens with one attached hydrogen (secondary N) is 1. The third kappa shape index (κ3) is 3.51. The van der Waals surface area contributed by atoms with Crippen molar-refractivity contribution in [1.82, 2.24) is 15.1 Å². The van der Waals surface area contributed by atoms with Crippen molar-refractivity contribution in [2.24, 2.45) is 5.73 Å². The topological polar surface area (TPSA) is 61.6 Å². The van der Waals surface area contributed by atoms with Crippen LogP contribution in [-0.4, -0.2) is 66.6 Å². The van der Waals surface area contributed by atoms with Gasteiger partial charge in [-0.25, -0.2) is 0 Å². The molecular formula is C15H28N4O. The molecule has 0 bridgehead atoms. The van der Waals surface area contributed by atoms with Crippen LogP contribution in [-0.2, 0) is 4.79 Å². The molecule has 3 N–H and O–H groups in total. The predicted octanol–water partition coefficient (Wildman–Crippen LogP) is 0.153. The number of carbonyl (C=O) groups is 1. The molecule has 3 saturated heterocycles. The number of likely N-dealkylation sites (tertiary alicyclic amines) is 1. The highest BCUT2D eigenvalue weighted by atomic mass is 16.1. The van der Waals surface area contributed by atoms with E-state index >= 15 is 0 Å². The first-order chi connectivity index (χ1) is 9.70. The van der Waals surface area contributed by atoms with E-state index in [2.05, 4.69) is 15.1 Å². The lowest BCUT2D eigenvalue weighted by Gasteiger charge is -2.39. The third-order valence-electron chi connectivity index (χ3n) is 5.26. The fourth-order valence-corrected chi connectivity index (χ4v) is 4.19. The summed E-state index contributed by atoms with van der Waals surface area (Å²) in [7, 11) is 0. The Kier molecular flexibility index (Phi) is 4.58. The molecule has 114 valence electrons. The van der Waals surface area contributed by atoms with Crippen LogP contribution >= 0.6 is 0 Å². The second-order valence-corrected chi connectivity index (χ2v) is 6.74. The quantitative estimate of drug-likeness (QED) is 0.770. The SMILES string of the molecule is NC(=O)CN1CCC(NC2CCN3CCCC3C2)CC1. The fraction of sp³-hybridized carbons (Fsp3) is 0.933. The summed E-state index contributed by atoms with van der Waals surface area (Å²) in [5.41, 5.74) is 5.26. The van der Waals surface area contributed by atoms with Crippen molar-refractivity contribution in [2.45, 2.75) is 56.7 Å². The normalized spacial score (nSPS) is 33.2. The number of carbonyl (C=O) groups excluding carboxylic acids is 1. The Hall–Kier alpha value is -0.650. The minimum Gasteiger partial charge on any atom is -0.369 e. The van der Waals surface area contributed by atoms with Crippen LogP contribution in [0.2, 0.25) is 0 Å². The number of hydrogen-bond donors (Lipinski definition) is 2. The first-order valence-electron chi connectivity index (χ1n) is 8.21. The molecule has 2 unspecified atom stereocenters. The molecule has 5 heteroatoms. The number of nitrogens with zero attached hydrogens (tertiary/aromatic N) is 2. The molecule has 0 spiro atoms. The van der Waals surface area contributed by atoms with Gasteiger partial charge in [0.25, 0.3) is 0 Å². The molecule has 3 aliphatic heterocycles. The Morgan fingerprint density at radius 1 is 1.05 bits per heavy atom. The first kappa shape index (κ1) is 14.3. The number of fused-ring (bicyclic) bond motifs is 1. The van der Waals surface area contributed by atoms with Gasteiger partial charge in [-0.2, -0.15) is 0 Å². The molecule has 3 rings (SSSR count). The summed E-state index contributed by atoms with van der Waals surface area (Å²) < 4.78 is 0. The number of amides is 1. The number of primary amides is 1. The predicted molar refractivity (Wildman–Crippen MR) is 79.4 cm³/mol. The lowest BCUT2D eigenvalue weighted by Crippen LogP contribution is -2.52. The van der Waals surface area contributed by atoms with Gasteiger partial charge in [-0.1, -0.05) is 0 Å². The highest BCUT2D eigenvalue weighted by molar-refractivity contribution is 5.75. The highest BCUT2D eigenvalue weighted by Crippen LogP contribution is 2.27. The van der Waals surface area contributed by atoms with Crippen LogP contribution in [0, 0.1) is 0 Å². The Labute approximate surface area is 121 Å². The summed E-state index contributed by atoms with van der Waals surface area (Å²) in [6.07, 6.45) is 7.73. The van der Waals surface area contributed by atoms with Crippen LogP contribution in [0.5, 0.6) is 0 Å². The van der Waals surface area contributed by atoms with Gasteiger partial charge in [0.05, 0.1) is 6.54 Å². The lowest BCUT2D eigenvalue weighted by atomic mass is 9.95. The van der Waals surface area contributed by atoms with Crippen molar-refractivity contribution in [3.05, 3.63) is 0 Å². The average Bonchev–Trinajstić information content (AvgIpc) is 2.88. The molecule has 5 nitrogen and oxygen atoms in total. The Morgan fingerprint density at radius 3 is 2.55 bits per heavy atom. The van der Waals surface area contributed by atoms with Gasteiger partial charge in [-0.15, -0.1) is 0 Å². The number of rotatable bonds is 4. The van der Waals surface area contributed by atoms with E-state index in [4.69, 9.17) is 5.73 Å². The maximum absolute atomic E-state index is 10.9. The van der Waals surface area contributed by atoms with Gasteiger partial charge in [0.15, 0.2) is 0 Å². The van der Waals surface area contributed by atoms with Crippen molar-refractivity contribution in [2.75, 3.05) is 32.7 Å². The number of piperidine rings is 2. The fourth-order valence-electron chi connectivity index (χ4n) is 4.19. The van der Waals surface area contributed by atoms with Gasteiger partial charge in [0, 0.05) is 31.2 Å². The molecule has 1 amide bonds. The zero-order valence-electron chi connectivity index (χ0n) is 12.4. The van der Waals surface area contributed by atoms with Crippen molar-refractivity contribution < 1.29 is 4.79 Å². The molecule has 0 aromatic rings. The molecular weight excluding hydrogens is 252 g/mol. The van der Waals surface area contributed by atoms with Gasteiger partial charge in [0.2, 0.25) is 5.91 Å². The monoisotopic (exact) mass is 280 g/mol. The summed E-state index contributed by atoms with van der Waals surface area (Å²) in [5, 5.41) is 3.87. The summed E-state index contributed by atoms with van der Waals surface area (Å²) in [4.78, 5) is 15.8. The van der Waals surface area contributed by atoms with Crippen molar-refractivity contribution in [1.29, 1.82) is 0 Å². The summed E-state index contributed by atoms with van der Waals surface area (Å²) >= 11 is 0.